The van der Waals surface area contributed by atoms with Crippen LogP contribution < -0.4 is 15.1 Å². The van der Waals surface area contributed by atoms with Crippen LogP contribution in [-0.2, 0) is 0 Å². The summed E-state index contributed by atoms with van der Waals surface area (Å²) in [6, 6.07) is 20.1. The second kappa shape index (κ2) is 8.11. The highest BCUT2D eigenvalue weighted by atomic mass is 16.5. The fraction of sp³-hybridized carbons (Fsp3) is 0.150. The number of hydrogen-bond donors (Lipinski definition) is 1. The number of hydrazone groups is 1. The predicted molar refractivity (Wildman–Crippen MR) is 106 cm³/mol. The second-order valence-corrected chi connectivity index (χ2v) is 5.85. The summed E-state index contributed by atoms with van der Waals surface area (Å²) < 4.78 is 5.20. The molecule has 0 atom stereocenters. The van der Waals surface area contributed by atoms with E-state index < -0.39 is 0 Å². The first-order chi connectivity index (χ1) is 12.7. The standard InChI is InChI=1S/C20H21N5O/c1-25(2)17-11-9-15(10-12-17)14-21-24-19-13-18(22-20(23-19)26-3)16-7-5-4-6-8-16/h4-14H,1-3H3,(H,22,23,24)/b21-14+. The Kier molecular flexibility index (Phi) is 5.43. The van der Waals surface area contributed by atoms with E-state index in [0.717, 1.165) is 22.5 Å². The molecule has 6 nitrogen and oxygen atoms in total. The molecule has 1 heterocycles. The number of benzene rings is 2. The highest BCUT2D eigenvalue weighted by molar-refractivity contribution is 5.81. The van der Waals surface area contributed by atoms with Gasteiger partial charge in [0.05, 0.1) is 19.0 Å². The Morgan fingerprint density at radius 2 is 1.73 bits per heavy atom. The monoisotopic (exact) mass is 347 g/mol. The largest absolute Gasteiger partial charge is 0.467 e. The fourth-order valence-electron chi connectivity index (χ4n) is 2.36. The summed E-state index contributed by atoms with van der Waals surface area (Å²) >= 11 is 0. The second-order valence-electron chi connectivity index (χ2n) is 5.85. The normalized spacial score (nSPS) is 10.7. The van der Waals surface area contributed by atoms with Crippen LogP contribution in [0.5, 0.6) is 6.01 Å². The summed E-state index contributed by atoms with van der Waals surface area (Å²) in [6.07, 6.45) is 1.75. The van der Waals surface area contributed by atoms with Gasteiger partial charge in [0.2, 0.25) is 0 Å². The maximum Gasteiger partial charge on any atom is 0.318 e. The van der Waals surface area contributed by atoms with Crippen molar-refractivity contribution in [3.05, 3.63) is 66.2 Å². The molecule has 6 heteroatoms. The highest BCUT2D eigenvalue weighted by Crippen LogP contribution is 2.22. The van der Waals surface area contributed by atoms with E-state index in [-0.39, 0.29) is 0 Å². The van der Waals surface area contributed by atoms with Gasteiger partial charge in [-0.15, -0.1) is 0 Å². The summed E-state index contributed by atoms with van der Waals surface area (Å²) in [7, 11) is 5.57. The third kappa shape index (κ3) is 4.36. The zero-order valence-corrected chi connectivity index (χ0v) is 15.0. The first-order valence-corrected chi connectivity index (χ1v) is 8.20. The average Bonchev–Trinajstić information content (AvgIpc) is 2.69. The van der Waals surface area contributed by atoms with Gasteiger partial charge in [0, 0.05) is 31.4 Å². The summed E-state index contributed by atoms with van der Waals surface area (Å²) in [5.41, 5.74) is 6.83. The Balaban J connectivity index is 1.76. The summed E-state index contributed by atoms with van der Waals surface area (Å²) in [6.45, 7) is 0. The van der Waals surface area contributed by atoms with Crippen molar-refractivity contribution >= 4 is 17.7 Å². The van der Waals surface area contributed by atoms with Crippen molar-refractivity contribution in [3.63, 3.8) is 0 Å². The van der Waals surface area contributed by atoms with Gasteiger partial charge < -0.3 is 9.64 Å². The van der Waals surface area contributed by atoms with Gasteiger partial charge in [-0.3, -0.25) is 5.43 Å². The van der Waals surface area contributed by atoms with Crippen LogP contribution in [0, 0.1) is 0 Å². The van der Waals surface area contributed by atoms with Gasteiger partial charge in [0.1, 0.15) is 0 Å². The van der Waals surface area contributed by atoms with Crippen molar-refractivity contribution in [1.29, 1.82) is 0 Å². The lowest BCUT2D eigenvalue weighted by Gasteiger charge is -2.11. The van der Waals surface area contributed by atoms with Crippen molar-refractivity contribution in [2.24, 2.45) is 5.10 Å². The molecule has 0 aliphatic carbocycles. The molecule has 0 fully saturated rings. The van der Waals surface area contributed by atoms with Crippen LogP contribution in [0.15, 0.2) is 65.8 Å². The van der Waals surface area contributed by atoms with Gasteiger partial charge in [0.15, 0.2) is 5.82 Å². The minimum atomic E-state index is 0.291. The van der Waals surface area contributed by atoms with Gasteiger partial charge in [0.25, 0.3) is 0 Å². The molecule has 1 N–H and O–H groups in total. The number of anilines is 2. The van der Waals surface area contributed by atoms with E-state index in [9.17, 15) is 0 Å². The van der Waals surface area contributed by atoms with Gasteiger partial charge >= 0.3 is 6.01 Å². The maximum atomic E-state index is 5.20. The lowest BCUT2D eigenvalue weighted by Crippen LogP contribution is -2.08. The summed E-state index contributed by atoms with van der Waals surface area (Å²) in [4.78, 5) is 10.7. The Morgan fingerprint density at radius 3 is 2.38 bits per heavy atom. The van der Waals surface area contributed by atoms with E-state index in [1.54, 1.807) is 13.3 Å². The number of nitrogens with one attached hydrogen (secondary N) is 1. The minimum Gasteiger partial charge on any atom is -0.467 e. The molecule has 2 aromatic carbocycles. The van der Waals surface area contributed by atoms with Crippen LogP contribution in [0.4, 0.5) is 11.5 Å². The maximum absolute atomic E-state index is 5.20. The molecule has 0 aliphatic heterocycles. The van der Waals surface area contributed by atoms with E-state index >= 15 is 0 Å². The molecule has 3 rings (SSSR count). The molecule has 3 aromatic rings. The van der Waals surface area contributed by atoms with E-state index in [1.807, 2.05) is 74.8 Å². The molecule has 0 radical (unpaired) electrons. The number of methoxy groups -OCH3 is 1. The quantitative estimate of drug-likeness (QED) is 0.544. The molecule has 132 valence electrons. The Hall–Kier alpha value is -3.41. The van der Waals surface area contributed by atoms with E-state index in [2.05, 4.69) is 25.4 Å². The van der Waals surface area contributed by atoms with E-state index in [0.29, 0.717) is 11.8 Å². The molecular weight excluding hydrogens is 326 g/mol. The van der Waals surface area contributed by atoms with Gasteiger partial charge in [-0.2, -0.15) is 15.1 Å². The molecule has 1 aromatic heterocycles. The fourth-order valence-corrected chi connectivity index (χ4v) is 2.36. The van der Waals surface area contributed by atoms with Gasteiger partial charge in [-0.05, 0) is 17.7 Å². The lowest BCUT2D eigenvalue weighted by atomic mass is 10.1. The molecular formula is C20H21N5O. The molecule has 0 saturated heterocycles. The molecule has 0 unspecified atom stereocenters. The smallest absolute Gasteiger partial charge is 0.318 e. The van der Waals surface area contributed by atoms with Crippen molar-refractivity contribution < 1.29 is 4.74 Å². The third-order valence-corrected chi connectivity index (χ3v) is 3.76. The van der Waals surface area contributed by atoms with Crippen LogP contribution in [0.25, 0.3) is 11.3 Å². The molecule has 0 bridgehead atoms. The first kappa shape index (κ1) is 17.4. The first-order valence-electron chi connectivity index (χ1n) is 8.20. The summed E-state index contributed by atoms with van der Waals surface area (Å²) in [5.74, 6) is 0.567. The van der Waals surface area contributed by atoms with Crippen LogP contribution >= 0.6 is 0 Å². The minimum absolute atomic E-state index is 0.291. The SMILES string of the molecule is COc1nc(N/N=C/c2ccc(N(C)C)cc2)cc(-c2ccccc2)n1. The number of hydrogen-bond acceptors (Lipinski definition) is 6. The van der Waals surface area contributed by atoms with E-state index in [1.165, 1.54) is 0 Å². The van der Waals surface area contributed by atoms with Crippen LogP contribution in [-0.4, -0.2) is 37.4 Å². The predicted octanol–water partition coefficient (Wildman–Crippen LogP) is 3.66. The number of rotatable bonds is 6. The van der Waals surface area contributed by atoms with Crippen LogP contribution in [0.1, 0.15) is 5.56 Å². The Labute approximate surface area is 153 Å². The van der Waals surface area contributed by atoms with E-state index in [4.69, 9.17) is 4.74 Å². The Bertz CT molecular complexity index is 876. The number of nitrogens with zero attached hydrogens (tertiary/aromatic N) is 4. The molecule has 0 amide bonds. The highest BCUT2D eigenvalue weighted by Gasteiger charge is 2.06. The number of aromatic nitrogens is 2. The van der Waals surface area contributed by atoms with Crippen molar-refractivity contribution in [2.75, 3.05) is 31.5 Å². The zero-order valence-electron chi connectivity index (χ0n) is 15.0. The third-order valence-electron chi connectivity index (χ3n) is 3.76. The lowest BCUT2D eigenvalue weighted by molar-refractivity contribution is 0.381. The number of ether oxygens (including phenoxy) is 1. The van der Waals surface area contributed by atoms with Crippen LogP contribution in [0.3, 0.4) is 0 Å². The molecule has 0 saturated carbocycles. The van der Waals surface area contributed by atoms with Crippen molar-refractivity contribution in [2.45, 2.75) is 0 Å². The van der Waals surface area contributed by atoms with Crippen LogP contribution in [0.2, 0.25) is 0 Å². The van der Waals surface area contributed by atoms with Gasteiger partial charge in [-0.25, -0.2) is 0 Å². The zero-order chi connectivity index (χ0) is 18.4. The molecule has 0 spiro atoms. The van der Waals surface area contributed by atoms with Crippen molar-refractivity contribution in [1.82, 2.24) is 9.97 Å². The Morgan fingerprint density at radius 1 is 1.00 bits per heavy atom. The van der Waals surface area contributed by atoms with Gasteiger partial charge in [-0.1, -0.05) is 42.5 Å². The average molecular weight is 347 g/mol. The van der Waals surface area contributed by atoms with Crippen molar-refractivity contribution in [3.8, 4) is 17.3 Å². The molecule has 26 heavy (non-hydrogen) atoms. The summed E-state index contributed by atoms with van der Waals surface area (Å²) in [5, 5.41) is 4.26. The topological polar surface area (TPSA) is 62.6 Å². The molecule has 0 aliphatic rings.